The SMILES string of the molecule is COC[C@@H](C)n1c(SCC(=O)Nc2oc(C)c3c(C)n[nH]c(=O)c23)nc2ccccc2c1=O. The summed E-state index contributed by atoms with van der Waals surface area (Å²) in [5.41, 5.74) is 0.495. The highest BCUT2D eigenvalue weighted by Crippen LogP contribution is 2.29. The Hall–Kier alpha value is -3.44. The van der Waals surface area contributed by atoms with Crippen LogP contribution in [0.15, 0.2) is 43.4 Å². The van der Waals surface area contributed by atoms with Crippen LogP contribution in [0.25, 0.3) is 21.7 Å². The van der Waals surface area contributed by atoms with Crippen LogP contribution in [0.2, 0.25) is 0 Å². The average Bonchev–Trinajstić information content (AvgIpc) is 3.12. The van der Waals surface area contributed by atoms with Gasteiger partial charge in [0.25, 0.3) is 11.1 Å². The van der Waals surface area contributed by atoms with E-state index in [1.807, 2.05) is 6.92 Å². The topological polar surface area (TPSA) is 132 Å². The maximum atomic E-state index is 13.1. The van der Waals surface area contributed by atoms with Crippen molar-refractivity contribution in [1.29, 1.82) is 0 Å². The van der Waals surface area contributed by atoms with Crippen molar-refractivity contribution in [1.82, 2.24) is 19.7 Å². The van der Waals surface area contributed by atoms with Crippen LogP contribution in [0.5, 0.6) is 0 Å². The van der Waals surface area contributed by atoms with Gasteiger partial charge in [0.15, 0.2) is 5.16 Å². The van der Waals surface area contributed by atoms with Crippen molar-refractivity contribution in [2.24, 2.45) is 0 Å². The van der Waals surface area contributed by atoms with Gasteiger partial charge in [0.1, 0.15) is 11.1 Å². The van der Waals surface area contributed by atoms with E-state index in [-0.39, 0.29) is 28.6 Å². The summed E-state index contributed by atoms with van der Waals surface area (Å²) in [6.07, 6.45) is 0. The van der Waals surface area contributed by atoms with Crippen LogP contribution in [-0.2, 0) is 9.53 Å². The van der Waals surface area contributed by atoms with Crippen molar-refractivity contribution in [2.75, 3.05) is 24.8 Å². The smallest absolute Gasteiger partial charge is 0.277 e. The molecule has 1 aromatic carbocycles. The van der Waals surface area contributed by atoms with Gasteiger partial charge in [0, 0.05) is 7.11 Å². The first-order valence-corrected chi connectivity index (χ1v) is 11.2. The lowest BCUT2D eigenvalue weighted by atomic mass is 10.2. The lowest BCUT2D eigenvalue weighted by molar-refractivity contribution is -0.113. The van der Waals surface area contributed by atoms with Crippen molar-refractivity contribution in [2.45, 2.75) is 32.0 Å². The molecule has 1 atom stereocenters. The van der Waals surface area contributed by atoms with Crippen LogP contribution in [-0.4, -0.2) is 45.1 Å². The monoisotopic (exact) mass is 469 g/mol. The van der Waals surface area contributed by atoms with Crippen molar-refractivity contribution in [3.8, 4) is 0 Å². The standard InChI is InChI=1S/C22H23N5O5S/c1-11(9-31-4)27-21(30)14-7-5-6-8-15(14)23-22(27)33-10-16(28)24-20-18-17(13(3)32-20)12(2)25-26-19(18)29/h5-8,11H,9-10H2,1-4H3,(H,24,28)(H,26,29)/t11-/m1/s1. The van der Waals surface area contributed by atoms with Gasteiger partial charge in [0.05, 0.1) is 40.4 Å². The lowest BCUT2D eigenvalue weighted by Gasteiger charge is -2.18. The van der Waals surface area contributed by atoms with Crippen molar-refractivity contribution in [3.05, 3.63) is 56.4 Å². The van der Waals surface area contributed by atoms with E-state index in [0.29, 0.717) is 39.5 Å². The Morgan fingerprint density at radius 2 is 2.03 bits per heavy atom. The second-order valence-corrected chi connectivity index (χ2v) is 8.55. The van der Waals surface area contributed by atoms with Gasteiger partial charge in [-0.25, -0.2) is 10.1 Å². The molecule has 11 heteroatoms. The second kappa shape index (κ2) is 9.20. The van der Waals surface area contributed by atoms with Crippen LogP contribution >= 0.6 is 11.8 Å². The number of aryl methyl sites for hydroxylation is 2. The fourth-order valence-electron chi connectivity index (χ4n) is 3.76. The molecule has 33 heavy (non-hydrogen) atoms. The Morgan fingerprint density at radius 1 is 1.27 bits per heavy atom. The van der Waals surface area contributed by atoms with Gasteiger partial charge in [0.2, 0.25) is 11.8 Å². The molecular weight excluding hydrogens is 446 g/mol. The first-order chi connectivity index (χ1) is 15.8. The molecular formula is C22H23N5O5S. The van der Waals surface area contributed by atoms with Crippen molar-refractivity contribution < 1.29 is 13.9 Å². The molecule has 0 unspecified atom stereocenters. The van der Waals surface area contributed by atoms with Crippen LogP contribution < -0.4 is 16.4 Å². The minimum atomic E-state index is -0.450. The zero-order valence-corrected chi connectivity index (χ0v) is 19.4. The van der Waals surface area contributed by atoms with Gasteiger partial charge in [-0.15, -0.1) is 0 Å². The summed E-state index contributed by atoms with van der Waals surface area (Å²) in [6, 6.07) is 6.78. The summed E-state index contributed by atoms with van der Waals surface area (Å²) < 4.78 is 12.4. The van der Waals surface area contributed by atoms with Crippen molar-refractivity contribution >= 4 is 45.2 Å². The van der Waals surface area contributed by atoms with Crippen LogP contribution in [0.3, 0.4) is 0 Å². The maximum Gasteiger partial charge on any atom is 0.277 e. The van der Waals surface area contributed by atoms with Gasteiger partial charge in [-0.3, -0.25) is 24.3 Å². The van der Waals surface area contributed by atoms with Gasteiger partial charge >= 0.3 is 0 Å². The summed E-state index contributed by atoms with van der Waals surface area (Å²) in [5, 5.41) is 10.7. The van der Waals surface area contributed by atoms with E-state index in [0.717, 1.165) is 11.8 Å². The molecule has 0 radical (unpaired) electrons. The molecule has 0 saturated heterocycles. The number of rotatable bonds is 7. The molecule has 4 rings (SSSR count). The number of furan rings is 1. The molecule has 0 aliphatic carbocycles. The zero-order chi connectivity index (χ0) is 23.7. The summed E-state index contributed by atoms with van der Waals surface area (Å²) in [7, 11) is 1.56. The van der Waals surface area contributed by atoms with E-state index in [1.165, 1.54) is 4.57 Å². The predicted octanol–water partition coefficient (Wildman–Crippen LogP) is 2.78. The number of hydrogen-bond donors (Lipinski definition) is 2. The number of nitrogens with zero attached hydrogens (tertiary/aromatic N) is 3. The fraction of sp³-hybridized carbons (Fsp3) is 0.318. The Morgan fingerprint density at radius 3 is 2.79 bits per heavy atom. The summed E-state index contributed by atoms with van der Waals surface area (Å²) in [4.78, 5) is 42.7. The van der Waals surface area contributed by atoms with E-state index < -0.39 is 11.5 Å². The number of amides is 1. The van der Waals surface area contributed by atoms with E-state index in [9.17, 15) is 14.4 Å². The Labute approximate surface area is 192 Å². The van der Waals surface area contributed by atoms with E-state index >= 15 is 0 Å². The largest absolute Gasteiger partial charge is 0.444 e. The van der Waals surface area contributed by atoms with E-state index in [2.05, 4.69) is 20.5 Å². The van der Waals surface area contributed by atoms with Crippen molar-refractivity contribution in [3.63, 3.8) is 0 Å². The number of anilines is 1. The lowest BCUT2D eigenvalue weighted by Crippen LogP contribution is -2.29. The van der Waals surface area contributed by atoms with Gasteiger partial charge in [-0.05, 0) is 32.9 Å². The molecule has 0 bridgehead atoms. The maximum absolute atomic E-state index is 13.1. The highest BCUT2D eigenvalue weighted by molar-refractivity contribution is 7.99. The molecule has 2 N–H and O–H groups in total. The minimum Gasteiger partial charge on any atom is -0.444 e. The molecule has 3 heterocycles. The number of thioether (sulfide) groups is 1. The molecule has 3 aromatic heterocycles. The quantitative estimate of drug-likeness (QED) is 0.312. The zero-order valence-electron chi connectivity index (χ0n) is 18.6. The molecule has 4 aromatic rings. The third-order valence-electron chi connectivity index (χ3n) is 5.21. The first-order valence-electron chi connectivity index (χ1n) is 10.2. The molecule has 0 aliphatic rings. The number of aromatic amines is 1. The predicted molar refractivity (Wildman–Crippen MR) is 126 cm³/mol. The average molecular weight is 470 g/mol. The number of carbonyl (C=O) groups excluding carboxylic acids is 1. The molecule has 0 fully saturated rings. The number of nitrogens with one attached hydrogen (secondary N) is 2. The number of methoxy groups -OCH3 is 1. The number of fused-ring (bicyclic) bond motifs is 2. The third kappa shape index (κ3) is 4.29. The van der Waals surface area contributed by atoms with Gasteiger partial charge in [-0.1, -0.05) is 23.9 Å². The number of hydrogen-bond acceptors (Lipinski definition) is 8. The number of ether oxygens (including phenoxy) is 1. The fourth-order valence-corrected chi connectivity index (χ4v) is 4.65. The Bertz CT molecular complexity index is 1470. The third-order valence-corrected chi connectivity index (χ3v) is 6.16. The highest BCUT2D eigenvalue weighted by atomic mass is 32.2. The molecule has 10 nitrogen and oxygen atoms in total. The first kappa shape index (κ1) is 22.7. The van der Waals surface area contributed by atoms with Crippen LogP contribution in [0, 0.1) is 13.8 Å². The summed E-state index contributed by atoms with van der Waals surface area (Å²) in [6.45, 7) is 5.61. The second-order valence-electron chi connectivity index (χ2n) is 7.60. The number of para-hydroxylation sites is 1. The molecule has 0 spiro atoms. The number of carbonyl (C=O) groups is 1. The summed E-state index contributed by atoms with van der Waals surface area (Å²) >= 11 is 1.12. The van der Waals surface area contributed by atoms with Gasteiger partial charge in [-0.2, -0.15) is 5.10 Å². The van der Waals surface area contributed by atoms with E-state index in [1.54, 1.807) is 45.2 Å². The highest BCUT2D eigenvalue weighted by Gasteiger charge is 2.21. The number of H-pyrrole nitrogens is 1. The molecule has 172 valence electrons. The molecule has 0 saturated carbocycles. The molecule has 1 amide bonds. The molecule has 0 aliphatic heterocycles. The minimum absolute atomic E-state index is 0.0479. The summed E-state index contributed by atoms with van der Waals surface area (Å²) in [5.74, 6) is 0.102. The normalized spacial score (nSPS) is 12.4. The van der Waals surface area contributed by atoms with Crippen LogP contribution in [0.1, 0.15) is 24.4 Å². The van der Waals surface area contributed by atoms with Crippen LogP contribution in [0.4, 0.5) is 5.88 Å². The van der Waals surface area contributed by atoms with Gasteiger partial charge < -0.3 is 9.15 Å². The number of benzene rings is 1. The number of aromatic nitrogens is 4. The van der Waals surface area contributed by atoms with E-state index in [4.69, 9.17) is 9.15 Å². The Balaban J connectivity index is 1.63. The Kier molecular flexibility index (Phi) is 6.34.